The van der Waals surface area contributed by atoms with E-state index in [1.54, 1.807) is 0 Å². The zero-order valence-electron chi connectivity index (χ0n) is 17.6. The first-order valence-corrected chi connectivity index (χ1v) is 10.9. The first-order chi connectivity index (χ1) is 13.8. The first-order valence-electron chi connectivity index (χ1n) is 10.9. The van der Waals surface area contributed by atoms with Crippen LogP contribution in [0.3, 0.4) is 0 Å². The maximum Gasteiger partial charge on any atom is 0.308 e. The van der Waals surface area contributed by atoms with E-state index < -0.39 is 12.2 Å². The summed E-state index contributed by atoms with van der Waals surface area (Å²) in [4.78, 5) is 24.1. The minimum Gasteiger partial charge on any atom is -0.462 e. The van der Waals surface area contributed by atoms with E-state index in [-0.39, 0.29) is 54.2 Å². The number of aliphatic hydroxyl groups excluding tert-OH is 2. The van der Waals surface area contributed by atoms with Crippen LogP contribution in [0.4, 0.5) is 0 Å². The Morgan fingerprint density at radius 2 is 2.10 bits per heavy atom. The molecule has 0 aromatic heterocycles. The average Bonchev–Trinajstić information content (AvgIpc) is 2.67. The molecule has 0 radical (unpaired) electrons. The minimum absolute atomic E-state index is 0.00395. The maximum atomic E-state index is 12.4. The smallest absolute Gasteiger partial charge is 0.308 e. The molecule has 0 amide bonds. The number of ether oxygens (including phenoxy) is 2. The lowest BCUT2D eigenvalue weighted by Gasteiger charge is -2.44. The lowest BCUT2D eigenvalue weighted by molar-refractivity contribution is -0.162. The summed E-state index contributed by atoms with van der Waals surface area (Å²) in [5.74, 6) is -0.537. The van der Waals surface area contributed by atoms with Gasteiger partial charge >= 0.3 is 11.9 Å². The second kappa shape index (κ2) is 9.43. The number of rotatable bonds is 6. The summed E-state index contributed by atoms with van der Waals surface area (Å²) in [5.41, 5.74) is 1.02. The van der Waals surface area contributed by atoms with E-state index in [2.05, 4.69) is 0 Å². The molecule has 6 heteroatoms. The van der Waals surface area contributed by atoms with Gasteiger partial charge in [0.15, 0.2) is 0 Å². The molecule has 29 heavy (non-hydrogen) atoms. The van der Waals surface area contributed by atoms with Gasteiger partial charge in [0.05, 0.1) is 24.5 Å². The fraction of sp³-hybridized carbons (Fsp3) is 0.739. The molecule has 162 valence electrons. The largest absolute Gasteiger partial charge is 0.462 e. The highest BCUT2D eigenvalue weighted by Crippen LogP contribution is 2.44. The summed E-state index contributed by atoms with van der Waals surface area (Å²) >= 11 is 0. The number of cyclic esters (lactones) is 1. The first kappa shape index (κ1) is 22.0. The summed E-state index contributed by atoms with van der Waals surface area (Å²) in [6.45, 7) is 5.88. The number of hydrogen-bond donors (Lipinski definition) is 2. The van der Waals surface area contributed by atoms with Crippen LogP contribution in [0.5, 0.6) is 0 Å². The maximum absolute atomic E-state index is 12.4. The number of aliphatic hydroxyl groups is 2. The van der Waals surface area contributed by atoms with Crippen LogP contribution < -0.4 is 0 Å². The number of hydrogen-bond acceptors (Lipinski definition) is 6. The lowest BCUT2D eigenvalue weighted by Crippen LogP contribution is -2.44. The predicted octanol–water partition coefficient (Wildman–Crippen LogP) is 2.92. The van der Waals surface area contributed by atoms with Crippen molar-refractivity contribution in [2.45, 2.75) is 83.7 Å². The number of carbonyl (C=O) groups is 2. The quantitative estimate of drug-likeness (QED) is 0.659. The van der Waals surface area contributed by atoms with E-state index >= 15 is 0 Å². The Morgan fingerprint density at radius 1 is 1.34 bits per heavy atom. The van der Waals surface area contributed by atoms with Crippen molar-refractivity contribution < 1.29 is 29.3 Å². The van der Waals surface area contributed by atoms with Gasteiger partial charge in [-0.3, -0.25) is 9.59 Å². The molecule has 1 heterocycles. The normalized spacial score (nSPS) is 37.9. The summed E-state index contributed by atoms with van der Waals surface area (Å²) in [6.07, 6.45) is 7.46. The molecule has 0 aromatic carbocycles. The van der Waals surface area contributed by atoms with Gasteiger partial charge in [-0.25, -0.2) is 0 Å². The van der Waals surface area contributed by atoms with Gasteiger partial charge in [-0.2, -0.15) is 0 Å². The third kappa shape index (κ3) is 5.10. The molecule has 0 bridgehead atoms. The van der Waals surface area contributed by atoms with Gasteiger partial charge in [0.25, 0.3) is 0 Å². The molecule has 1 aliphatic heterocycles. The highest BCUT2D eigenvalue weighted by Gasteiger charge is 2.43. The molecular weight excluding hydrogens is 372 g/mol. The van der Waals surface area contributed by atoms with Gasteiger partial charge in [-0.15, -0.1) is 0 Å². The van der Waals surface area contributed by atoms with E-state index in [9.17, 15) is 19.8 Å². The van der Waals surface area contributed by atoms with Crippen molar-refractivity contribution >= 4 is 11.9 Å². The number of fused-ring (bicyclic) bond motifs is 1. The molecular formula is C23H34O6. The summed E-state index contributed by atoms with van der Waals surface area (Å²) in [6, 6.07) is 0. The molecule has 2 N–H and O–H groups in total. The van der Waals surface area contributed by atoms with Gasteiger partial charge in [0.2, 0.25) is 0 Å². The summed E-state index contributed by atoms with van der Waals surface area (Å²) < 4.78 is 11.3. The van der Waals surface area contributed by atoms with Crippen LogP contribution in [0.25, 0.3) is 0 Å². The summed E-state index contributed by atoms with van der Waals surface area (Å²) in [7, 11) is 0. The lowest BCUT2D eigenvalue weighted by atomic mass is 9.65. The fourth-order valence-corrected chi connectivity index (χ4v) is 4.84. The van der Waals surface area contributed by atoms with E-state index in [0.29, 0.717) is 19.3 Å². The van der Waals surface area contributed by atoms with Crippen LogP contribution in [0.15, 0.2) is 23.8 Å². The van der Waals surface area contributed by atoms with Gasteiger partial charge in [0.1, 0.15) is 12.2 Å². The Hall–Kier alpha value is -1.66. The molecule has 6 nitrogen and oxygen atoms in total. The van der Waals surface area contributed by atoms with Gasteiger partial charge in [-0.1, -0.05) is 39.0 Å². The Morgan fingerprint density at radius 3 is 2.79 bits per heavy atom. The van der Waals surface area contributed by atoms with Crippen LogP contribution in [0, 0.1) is 23.7 Å². The Kier molecular flexibility index (Phi) is 7.17. The fourth-order valence-electron chi connectivity index (χ4n) is 4.84. The monoisotopic (exact) mass is 406 g/mol. The second-order valence-electron chi connectivity index (χ2n) is 8.91. The number of esters is 2. The SMILES string of the molecule is CC[C@H](C)C(=O)O[C@H]1CC=CC2=C[C@H](O)[C@H](C)[C@H](CC[C@@H]3C[C@@H](O)CC(=O)O3)[C@H]21. The third-order valence-corrected chi connectivity index (χ3v) is 6.84. The van der Waals surface area contributed by atoms with E-state index in [1.165, 1.54) is 0 Å². The molecule has 1 fully saturated rings. The van der Waals surface area contributed by atoms with Crippen LogP contribution in [-0.4, -0.2) is 46.6 Å². The molecule has 8 atom stereocenters. The van der Waals surface area contributed by atoms with Gasteiger partial charge in [0, 0.05) is 18.8 Å². The predicted molar refractivity (Wildman–Crippen MR) is 108 cm³/mol. The van der Waals surface area contributed by atoms with Crippen molar-refractivity contribution in [3.05, 3.63) is 23.8 Å². The molecule has 3 aliphatic rings. The average molecular weight is 407 g/mol. The number of allylic oxidation sites excluding steroid dienone is 1. The zero-order chi connectivity index (χ0) is 21.1. The van der Waals surface area contributed by atoms with Crippen molar-refractivity contribution in [1.29, 1.82) is 0 Å². The Bertz CT molecular complexity index is 668. The van der Waals surface area contributed by atoms with Gasteiger partial charge in [-0.05, 0) is 36.7 Å². The molecule has 2 aliphatic carbocycles. The number of carbonyl (C=O) groups excluding carboxylic acids is 2. The van der Waals surface area contributed by atoms with Gasteiger partial charge < -0.3 is 19.7 Å². The second-order valence-corrected chi connectivity index (χ2v) is 8.91. The third-order valence-electron chi connectivity index (χ3n) is 6.84. The van der Waals surface area contributed by atoms with Crippen molar-refractivity contribution in [1.82, 2.24) is 0 Å². The van der Waals surface area contributed by atoms with E-state index in [0.717, 1.165) is 18.4 Å². The molecule has 0 aromatic rings. The van der Waals surface area contributed by atoms with E-state index in [4.69, 9.17) is 9.47 Å². The molecule has 1 saturated heterocycles. The van der Waals surface area contributed by atoms with Crippen LogP contribution >= 0.6 is 0 Å². The molecule has 3 rings (SSSR count). The Balaban J connectivity index is 1.74. The Labute approximate surface area is 173 Å². The van der Waals surface area contributed by atoms with Crippen LogP contribution in [0.1, 0.15) is 59.3 Å². The van der Waals surface area contributed by atoms with E-state index in [1.807, 2.05) is 39.0 Å². The van der Waals surface area contributed by atoms with Crippen molar-refractivity contribution in [3.8, 4) is 0 Å². The standard InChI is InChI=1S/C23H34O6/c1-4-13(2)23(27)29-20-7-5-6-15-10-19(25)14(3)18(22(15)20)9-8-17-11-16(24)12-21(26)28-17/h5-6,10,13-14,16-20,22,24-25H,4,7-9,11-12H2,1-3H3/t13-,14+,16+,17+,18-,19-,20-,22-/m0/s1. The topological polar surface area (TPSA) is 93.1 Å². The van der Waals surface area contributed by atoms with Crippen molar-refractivity contribution in [2.24, 2.45) is 23.7 Å². The molecule has 0 unspecified atom stereocenters. The highest BCUT2D eigenvalue weighted by molar-refractivity contribution is 5.72. The zero-order valence-corrected chi connectivity index (χ0v) is 17.6. The highest BCUT2D eigenvalue weighted by atomic mass is 16.5. The van der Waals surface area contributed by atoms with Crippen LogP contribution in [0.2, 0.25) is 0 Å². The molecule has 0 saturated carbocycles. The van der Waals surface area contributed by atoms with Crippen molar-refractivity contribution in [2.75, 3.05) is 0 Å². The van der Waals surface area contributed by atoms with Crippen molar-refractivity contribution in [3.63, 3.8) is 0 Å². The van der Waals surface area contributed by atoms with Crippen LogP contribution in [-0.2, 0) is 19.1 Å². The minimum atomic E-state index is -0.645. The summed E-state index contributed by atoms with van der Waals surface area (Å²) in [5, 5.41) is 20.4. The molecule has 0 spiro atoms.